The van der Waals surface area contributed by atoms with Gasteiger partial charge in [0.25, 0.3) is 0 Å². The number of hydrogen-bond acceptors (Lipinski definition) is 4. The number of halogens is 2. The van der Waals surface area contributed by atoms with Crippen LogP contribution in [0.4, 0.5) is 8.78 Å². The number of amides is 2. The molecule has 0 aliphatic heterocycles. The molecule has 264 valence electrons. The number of para-hydroxylation sites is 1. The van der Waals surface area contributed by atoms with E-state index in [2.05, 4.69) is 40.3 Å². The molecular weight excluding hydrogens is 634 g/mol. The van der Waals surface area contributed by atoms with E-state index in [4.69, 9.17) is 5.73 Å². The van der Waals surface area contributed by atoms with Gasteiger partial charge in [-0.1, -0.05) is 80.1 Å². The molecule has 7 nitrogen and oxygen atoms in total. The summed E-state index contributed by atoms with van der Waals surface area (Å²) in [7, 11) is 0. The molecule has 5 rings (SSSR count). The van der Waals surface area contributed by atoms with E-state index in [0.29, 0.717) is 37.3 Å². The van der Waals surface area contributed by atoms with Crippen LogP contribution >= 0.6 is 0 Å². The Morgan fingerprint density at radius 2 is 1.64 bits per heavy atom. The van der Waals surface area contributed by atoms with Crippen LogP contribution in [0.5, 0.6) is 0 Å². The average Bonchev–Trinajstić information content (AvgIpc) is 3.43. The first-order chi connectivity index (χ1) is 24.0. The Balaban J connectivity index is 1.44. The third kappa shape index (κ3) is 8.40. The van der Waals surface area contributed by atoms with Gasteiger partial charge in [0.2, 0.25) is 11.8 Å². The van der Waals surface area contributed by atoms with Gasteiger partial charge >= 0.3 is 0 Å². The first-order valence-corrected chi connectivity index (χ1v) is 17.5. The van der Waals surface area contributed by atoms with Crippen LogP contribution in [0, 0.1) is 23.0 Å². The SMILES string of the molecule is CCCN(CCC)C(=O)C1=CC(C)=CC(C(N)=O)([C@H](Cc2cc(F)cc(F)c2)[C@@H](O)CNCc2cn(Cc3ccccc3)c3ccccc23)C1. The number of nitrogens with two attached hydrogens (primary N) is 1. The number of allylic oxidation sites excluding steroid dienone is 2. The molecule has 1 aliphatic carbocycles. The Morgan fingerprint density at radius 1 is 0.980 bits per heavy atom. The van der Waals surface area contributed by atoms with E-state index < -0.39 is 35.0 Å². The van der Waals surface area contributed by atoms with Gasteiger partial charge in [0, 0.05) is 67.4 Å². The minimum Gasteiger partial charge on any atom is -0.391 e. The zero-order valence-corrected chi connectivity index (χ0v) is 29.2. The molecule has 1 heterocycles. The number of aliphatic hydroxyl groups excluding tert-OH is 1. The lowest BCUT2D eigenvalue weighted by Gasteiger charge is -2.42. The monoisotopic (exact) mass is 682 g/mol. The number of rotatable bonds is 16. The summed E-state index contributed by atoms with van der Waals surface area (Å²) in [5, 5.41) is 16.4. The van der Waals surface area contributed by atoms with Crippen molar-refractivity contribution < 1.29 is 23.5 Å². The predicted molar refractivity (Wildman–Crippen MR) is 194 cm³/mol. The number of carbonyl (C=O) groups excluding carboxylic acids is 2. The Morgan fingerprint density at radius 3 is 2.30 bits per heavy atom. The van der Waals surface area contributed by atoms with Gasteiger partial charge in [0.1, 0.15) is 11.6 Å². The lowest BCUT2D eigenvalue weighted by Crippen LogP contribution is -2.51. The van der Waals surface area contributed by atoms with Crippen molar-refractivity contribution >= 4 is 22.7 Å². The van der Waals surface area contributed by atoms with Gasteiger partial charge in [-0.15, -0.1) is 0 Å². The van der Waals surface area contributed by atoms with Crippen LogP contribution in [0.3, 0.4) is 0 Å². The van der Waals surface area contributed by atoms with Crippen molar-refractivity contribution in [2.75, 3.05) is 19.6 Å². The van der Waals surface area contributed by atoms with E-state index in [1.807, 2.05) is 44.2 Å². The molecule has 0 fully saturated rings. The fraction of sp³-hybridized carbons (Fsp3) is 0.366. The Labute approximate surface area is 293 Å². The summed E-state index contributed by atoms with van der Waals surface area (Å²) in [5.74, 6) is -3.32. The number of aliphatic hydroxyl groups is 1. The normalized spacial score (nSPS) is 17.2. The van der Waals surface area contributed by atoms with E-state index in [-0.39, 0.29) is 30.9 Å². The number of carbonyl (C=O) groups is 2. The van der Waals surface area contributed by atoms with Gasteiger partial charge in [-0.2, -0.15) is 0 Å². The minimum absolute atomic E-state index is 0.0328. The molecule has 9 heteroatoms. The highest BCUT2D eigenvalue weighted by Gasteiger charge is 2.48. The summed E-state index contributed by atoms with van der Waals surface area (Å²) in [6.45, 7) is 8.12. The van der Waals surface area contributed by atoms with Gasteiger partial charge in [-0.05, 0) is 67.5 Å². The Bertz CT molecular complexity index is 1840. The standard InChI is InChI=1S/C41H48F2N4O3/c1-4-15-46(16-5-2)39(49)31-17-28(3)22-41(23-31,40(44)50)36(20-30-18-33(42)21-34(43)19-30)38(48)25-45-24-32-27-47(26-29-11-7-6-8-12-29)37-14-10-9-13-35(32)37/h6-14,17-19,21-22,27,36,38,45,48H,4-5,15-16,20,23-26H2,1-3H3,(H2,44,50)/t36-,38+,41?/m1/s1. The topological polar surface area (TPSA) is 101 Å². The molecule has 1 unspecified atom stereocenters. The molecule has 0 spiro atoms. The van der Waals surface area contributed by atoms with Crippen molar-refractivity contribution in [3.8, 4) is 0 Å². The number of hydrogen-bond donors (Lipinski definition) is 3. The molecule has 4 N–H and O–H groups in total. The Kier molecular flexibility index (Phi) is 12.0. The lowest BCUT2D eigenvalue weighted by atomic mass is 9.63. The maximum absolute atomic E-state index is 14.4. The highest BCUT2D eigenvalue weighted by molar-refractivity contribution is 5.97. The highest BCUT2D eigenvalue weighted by atomic mass is 19.1. The van der Waals surface area contributed by atoms with E-state index >= 15 is 0 Å². The quantitative estimate of drug-likeness (QED) is 0.123. The third-order valence-corrected chi connectivity index (χ3v) is 9.62. The van der Waals surface area contributed by atoms with Crippen molar-refractivity contribution in [2.45, 2.75) is 65.6 Å². The fourth-order valence-electron chi connectivity index (χ4n) is 7.43. The zero-order chi connectivity index (χ0) is 35.8. The van der Waals surface area contributed by atoms with E-state index in [0.717, 1.165) is 35.4 Å². The molecule has 0 radical (unpaired) electrons. The minimum atomic E-state index is -1.50. The molecule has 50 heavy (non-hydrogen) atoms. The second-order valence-corrected chi connectivity index (χ2v) is 13.5. The van der Waals surface area contributed by atoms with E-state index in [9.17, 15) is 23.5 Å². The Hall–Kier alpha value is -4.60. The summed E-state index contributed by atoms with van der Waals surface area (Å²) in [5.41, 5.74) is 9.36. The van der Waals surface area contributed by atoms with Crippen molar-refractivity contribution in [1.82, 2.24) is 14.8 Å². The van der Waals surface area contributed by atoms with Crippen LogP contribution in [0.15, 0.2) is 102 Å². The molecule has 1 aliphatic rings. The fourth-order valence-corrected chi connectivity index (χ4v) is 7.43. The van der Waals surface area contributed by atoms with Crippen molar-refractivity contribution in [3.05, 3.63) is 131 Å². The predicted octanol–water partition coefficient (Wildman–Crippen LogP) is 6.67. The highest BCUT2D eigenvalue weighted by Crippen LogP contribution is 2.44. The van der Waals surface area contributed by atoms with Gasteiger partial charge in [-0.25, -0.2) is 8.78 Å². The van der Waals surface area contributed by atoms with Gasteiger partial charge in [0.15, 0.2) is 0 Å². The van der Waals surface area contributed by atoms with Crippen LogP contribution in [0.1, 0.15) is 56.7 Å². The molecule has 4 aromatic rings. The zero-order valence-electron chi connectivity index (χ0n) is 29.2. The molecule has 0 saturated heterocycles. The van der Waals surface area contributed by atoms with Gasteiger partial charge < -0.3 is 25.6 Å². The first-order valence-electron chi connectivity index (χ1n) is 17.5. The number of nitrogens with one attached hydrogen (secondary N) is 1. The molecule has 3 atom stereocenters. The van der Waals surface area contributed by atoms with E-state index in [1.165, 1.54) is 17.7 Å². The smallest absolute Gasteiger partial charge is 0.249 e. The molecule has 3 aromatic carbocycles. The van der Waals surface area contributed by atoms with Crippen LogP contribution in [0.2, 0.25) is 0 Å². The molecule has 0 saturated carbocycles. The number of aromatic nitrogens is 1. The van der Waals surface area contributed by atoms with Crippen molar-refractivity contribution in [2.24, 2.45) is 17.1 Å². The maximum atomic E-state index is 14.4. The van der Waals surface area contributed by atoms with Crippen molar-refractivity contribution in [1.29, 1.82) is 0 Å². The van der Waals surface area contributed by atoms with Crippen LogP contribution < -0.4 is 11.1 Å². The number of nitrogens with zero attached hydrogens (tertiary/aromatic N) is 2. The van der Waals surface area contributed by atoms with Crippen LogP contribution in [-0.2, 0) is 29.1 Å². The van der Waals surface area contributed by atoms with Crippen LogP contribution in [0.25, 0.3) is 10.9 Å². The maximum Gasteiger partial charge on any atom is 0.249 e. The summed E-state index contributed by atoms with van der Waals surface area (Å²) in [4.78, 5) is 29.2. The third-order valence-electron chi connectivity index (χ3n) is 9.62. The second kappa shape index (κ2) is 16.4. The van der Waals surface area contributed by atoms with E-state index in [1.54, 1.807) is 24.0 Å². The summed E-state index contributed by atoms with van der Waals surface area (Å²) in [6, 6.07) is 21.5. The van der Waals surface area contributed by atoms with Crippen molar-refractivity contribution in [3.63, 3.8) is 0 Å². The molecule has 2 amide bonds. The molecule has 0 bridgehead atoms. The van der Waals surface area contributed by atoms with Gasteiger partial charge in [0.05, 0.1) is 11.5 Å². The number of fused-ring (bicyclic) bond motifs is 1. The number of benzene rings is 3. The van der Waals surface area contributed by atoms with Gasteiger partial charge in [-0.3, -0.25) is 9.59 Å². The summed E-state index contributed by atoms with van der Waals surface area (Å²) >= 11 is 0. The average molecular weight is 683 g/mol. The lowest BCUT2D eigenvalue weighted by molar-refractivity contribution is -0.132. The largest absolute Gasteiger partial charge is 0.391 e. The molecular formula is C41H48F2N4O3. The number of primary amides is 1. The molecule has 1 aromatic heterocycles. The second-order valence-electron chi connectivity index (χ2n) is 13.5. The first kappa shape index (κ1) is 36.7. The summed E-state index contributed by atoms with van der Waals surface area (Å²) < 4.78 is 31.0. The van der Waals surface area contributed by atoms with Crippen LogP contribution in [-0.4, -0.2) is 52.1 Å². The summed E-state index contributed by atoms with van der Waals surface area (Å²) in [6.07, 6.45) is 5.89.